The van der Waals surface area contributed by atoms with Crippen molar-refractivity contribution in [3.8, 4) is 28.5 Å². The molecule has 4 rings (SSSR count). The summed E-state index contributed by atoms with van der Waals surface area (Å²) in [6, 6.07) is 13.2. The molecule has 1 N–H and O–H groups in total. The minimum Gasteiger partial charge on any atom is -0.506 e. The van der Waals surface area contributed by atoms with E-state index in [1.807, 2.05) is 52.0 Å². The molecule has 2 aromatic carbocycles. The Hall–Kier alpha value is -4.47. The van der Waals surface area contributed by atoms with Crippen molar-refractivity contribution in [2.24, 2.45) is 0 Å². The van der Waals surface area contributed by atoms with Crippen LogP contribution in [0.15, 0.2) is 47.3 Å². The summed E-state index contributed by atoms with van der Waals surface area (Å²) in [4.78, 5) is 40.8. The second-order valence-corrected chi connectivity index (χ2v) is 11.8. The van der Waals surface area contributed by atoms with E-state index in [1.54, 1.807) is 30.2 Å². The molecular formula is C34H42N2O8. The van der Waals surface area contributed by atoms with E-state index in [4.69, 9.17) is 18.9 Å². The molecule has 0 unspecified atom stereocenters. The van der Waals surface area contributed by atoms with Crippen LogP contribution in [0.3, 0.4) is 0 Å². The maximum atomic E-state index is 13.9. The van der Waals surface area contributed by atoms with Gasteiger partial charge in [0.15, 0.2) is 5.56 Å². The van der Waals surface area contributed by atoms with Crippen molar-refractivity contribution in [1.29, 1.82) is 0 Å². The number of hydrogen-bond donors (Lipinski definition) is 1. The van der Waals surface area contributed by atoms with Crippen molar-refractivity contribution >= 4 is 12.1 Å². The van der Waals surface area contributed by atoms with Crippen LogP contribution in [-0.2, 0) is 22.4 Å². The average molecular weight is 607 g/mol. The molecule has 0 radical (unpaired) electrons. The van der Waals surface area contributed by atoms with Crippen LogP contribution in [0.5, 0.6) is 17.2 Å². The van der Waals surface area contributed by atoms with Gasteiger partial charge in [-0.2, -0.15) is 0 Å². The second-order valence-electron chi connectivity index (χ2n) is 11.8. The number of carbonyl (C=O) groups is 2. The monoisotopic (exact) mass is 606 g/mol. The quantitative estimate of drug-likeness (QED) is 0.322. The third kappa shape index (κ3) is 6.85. The first-order valence-corrected chi connectivity index (χ1v) is 14.8. The minimum atomic E-state index is -0.905. The van der Waals surface area contributed by atoms with Crippen LogP contribution in [0.25, 0.3) is 11.3 Å². The number of ether oxygens (including phenoxy) is 4. The van der Waals surface area contributed by atoms with Crippen molar-refractivity contribution in [3.05, 3.63) is 75.1 Å². The highest BCUT2D eigenvalue weighted by atomic mass is 16.6. The molecule has 1 aromatic heterocycles. The first-order chi connectivity index (χ1) is 20.9. The Balaban J connectivity index is 1.72. The van der Waals surface area contributed by atoms with Crippen LogP contribution in [0, 0.1) is 0 Å². The Morgan fingerprint density at radius 1 is 0.977 bits per heavy atom. The van der Waals surface area contributed by atoms with E-state index in [0.29, 0.717) is 53.4 Å². The molecule has 44 heavy (non-hydrogen) atoms. The van der Waals surface area contributed by atoms with E-state index in [0.717, 1.165) is 18.4 Å². The standard InChI is InChI=1S/C34H42N2O8/c1-8-26-29(23-11-9-21(10-12-23)22-15-17-35(18-16-22)33(40)44-34(2,3)4)36(31(38)28(30(26)37)32(39)43-7)20-24-13-14-25(41-5)19-27(24)42-6/h9-14,19,22,37H,8,15-18,20H2,1-7H3. The topological polar surface area (TPSA) is 117 Å². The Morgan fingerprint density at radius 3 is 2.18 bits per heavy atom. The number of esters is 1. The number of aromatic nitrogens is 1. The molecule has 10 heteroatoms. The number of methoxy groups -OCH3 is 3. The molecule has 10 nitrogen and oxygen atoms in total. The Morgan fingerprint density at radius 2 is 1.64 bits per heavy atom. The van der Waals surface area contributed by atoms with Gasteiger partial charge in [0.1, 0.15) is 22.8 Å². The maximum absolute atomic E-state index is 13.9. The number of hydrogen-bond acceptors (Lipinski definition) is 8. The lowest BCUT2D eigenvalue weighted by Gasteiger charge is -2.33. The summed E-state index contributed by atoms with van der Waals surface area (Å²) < 4.78 is 22.8. The summed E-state index contributed by atoms with van der Waals surface area (Å²) in [5.74, 6) is 0.0873. The number of benzene rings is 2. The first kappa shape index (κ1) is 32.4. The van der Waals surface area contributed by atoms with Crippen LogP contribution in [0.1, 0.15) is 73.5 Å². The fourth-order valence-corrected chi connectivity index (χ4v) is 5.65. The lowest BCUT2D eigenvalue weighted by Crippen LogP contribution is -2.41. The van der Waals surface area contributed by atoms with Crippen molar-refractivity contribution in [1.82, 2.24) is 9.47 Å². The SMILES string of the molecule is CCc1c(O)c(C(=O)OC)c(=O)n(Cc2ccc(OC)cc2OC)c1-c1ccc(C2CCN(C(=O)OC(C)(C)C)CC2)cc1. The summed E-state index contributed by atoms with van der Waals surface area (Å²) in [7, 11) is 4.27. The highest BCUT2D eigenvalue weighted by Gasteiger charge is 2.29. The minimum absolute atomic E-state index is 0.0729. The number of rotatable bonds is 8. The van der Waals surface area contributed by atoms with E-state index in [2.05, 4.69) is 0 Å². The van der Waals surface area contributed by atoms with Crippen LogP contribution in [0.2, 0.25) is 0 Å². The summed E-state index contributed by atoms with van der Waals surface area (Å²) >= 11 is 0. The largest absolute Gasteiger partial charge is 0.506 e. The van der Waals surface area contributed by atoms with Gasteiger partial charge in [-0.1, -0.05) is 31.2 Å². The fraction of sp³-hybridized carbons (Fsp3) is 0.441. The van der Waals surface area contributed by atoms with Gasteiger partial charge >= 0.3 is 12.1 Å². The van der Waals surface area contributed by atoms with E-state index >= 15 is 0 Å². The van der Waals surface area contributed by atoms with Gasteiger partial charge in [-0.25, -0.2) is 9.59 Å². The van der Waals surface area contributed by atoms with Crippen molar-refractivity contribution < 1.29 is 33.6 Å². The normalized spacial score (nSPS) is 13.8. The molecule has 236 valence electrons. The predicted molar refractivity (Wildman–Crippen MR) is 167 cm³/mol. The average Bonchev–Trinajstić information content (AvgIpc) is 3.01. The molecule has 0 atom stereocenters. The van der Waals surface area contributed by atoms with Crippen molar-refractivity contribution in [2.45, 2.75) is 65.0 Å². The van der Waals surface area contributed by atoms with Gasteiger partial charge in [0.05, 0.1) is 33.6 Å². The van der Waals surface area contributed by atoms with E-state index < -0.39 is 22.7 Å². The highest BCUT2D eigenvalue weighted by molar-refractivity contribution is 5.93. The molecule has 0 saturated carbocycles. The van der Waals surface area contributed by atoms with Crippen LogP contribution < -0.4 is 15.0 Å². The lowest BCUT2D eigenvalue weighted by atomic mass is 9.88. The predicted octanol–water partition coefficient (Wildman–Crippen LogP) is 5.75. The van der Waals surface area contributed by atoms with Gasteiger partial charge in [-0.15, -0.1) is 0 Å². The van der Waals surface area contributed by atoms with Crippen molar-refractivity contribution in [2.75, 3.05) is 34.4 Å². The van der Waals surface area contributed by atoms with Gasteiger partial charge in [0.25, 0.3) is 5.56 Å². The molecule has 1 fully saturated rings. The van der Waals surface area contributed by atoms with Crippen LogP contribution >= 0.6 is 0 Å². The zero-order chi connectivity index (χ0) is 32.2. The van der Waals surface area contributed by atoms with Gasteiger partial charge < -0.3 is 33.5 Å². The Kier molecular flexibility index (Phi) is 9.91. The third-order valence-electron chi connectivity index (χ3n) is 7.91. The smallest absolute Gasteiger partial charge is 0.410 e. The number of piperidine rings is 1. The Bertz CT molecular complexity index is 1560. The van der Waals surface area contributed by atoms with Gasteiger partial charge in [-0.05, 0) is 69.2 Å². The first-order valence-electron chi connectivity index (χ1n) is 14.8. The summed E-state index contributed by atoms with van der Waals surface area (Å²) in [6.07, 6.45) is 1.67. The lowest BCUT2D eigenvalue weighted by molar-refractivity contribution is 0.0204. The molecular weight excluding hydrogens is 564 g/mol. The fourth-order valence-electron chi connectivity index (χ4n) is 5.65. The number of aromatic hydroxyl groups is 1. The van der Waals surface area contributed by atoms with Crippen molar-refractivity contribution in [3.63, 3.8) is 0 Å². The van der Waals surface area contributed by atoms with Crippen LogP contribution in [-0.4, -0.2) is 66.7 Å². The molecule has 1 saturated heterocycles. The van der Waals surface area contributed by atoms with Gasteiger partial charge in [0, 0.05) is 30.3 Å². The second kappa shape index (κ2) is 13.4. The van der Waals surface area contributed by atoms with Gasteiger partial charge in [-0.3, -0.25) is 4.79 Å². The molecule has 0 aliphatic carbocycles. The van der Waals surface area contributed by atoms with E-state index in [9.17, 15) is 19.5 Å². The number of amides is 1. The molecule has 2 heterocycles. The van der Waals surface area contributed by atoms with E-state index in [1.165, 1.54) is 18.8 Å². The number of nitrogens with zero attached hydrogens (tertiary/aromatic N) is 2. The molecule has 1 aliphatic rings. The summed E-state index contributed by atoms with van der Waals surface area (Å²) in [5, 5.41) is 11.2. The Labute approximate surface area is 258 Å². The molecule has 0 bridgehead atoms. The third-order valence-corrected chi connectivity index (χ3v) is 7.91. The van der Waals surface area contributed by atoms with Gasteiger partial charge in [0.2, 0.25) is 0 Å². The van der Waals surface area contributed by atoms with E-state index in [-0.39, 0.29) is 24.3 Å². The zero-order valence-corrected chi connectivity index (χ0v) is 26.6. The molecule has 1 aliphatic heterocycles. The molecule has 0 spiro atoms. The maximum Gasteiger partial charge on any atom is 0.410 e. The summed E-state index contributed by atoms with van der Waals surface area (Å²) in [6.45, 7) is 8.72. The van der Waals surface area contributed by atoms with Crippen LogP contribution in [0.4, 0.5) is 4.79 Å². The highest BCUT2D eigenvalue weighted by Crippen LogP contribution is 2.36. The number of likely N-dealkylation sites (tertiary alicyclic amines) is 1. The number of pyridine rings is 1. The zero-order valence-electron chi connectivity index (χ0n) is 26.6. The number of carbonyl (C=O) groups excluding carboxylic acids is 2. The summed E-state index contributed by atoms with van der Waals surface area (Å²) in [5.41, 5.74) is 1.87. The molecule has 1 amide bonds. The molecule has 3 aromatic rings.